The van der Waals surface area contributed by atoms with Crippen molar-refractivity contribution in [1.82, 2.24) is 0 Å². The largest absolute Gasteiger partial charge is 0.495 e. The van der Waals surface area contributed by atoms with Crippen LogP contribution in [0.4, 0.5) is 11.4 Å². The molecule has 0 fully saturated rings. The van der Waals surface area contributed by atoms with E-state index in [0.29, 0.717) is 5.92 Å². The van der Waals surface area contributed by atoms with E-state index in [9.17, 15) is 10.1 Å². The number of nitrogens with one attached hydrogen (secondary N) is 1. The van der Waals surface area contributed by atoms with Crippen molar-refractivity contribution in [3.8, 4) is 5.75 Å². The average Bonchev–Trinajstić information content (AvgIpc) is 3.10. The van der Waals surface area contributed by atoms with E-state index in [-0.39, 0.29) is 22.7 Å². The molecule has 1 aliphatic carbocycles. The fourth-order valence-electron chi connectivity index (χ4n) is 3.96. The van der Waals surface area contributed by atoms with E-state index in [2.05, 4.69) is 23.5 Å². The summed E-state index contributed by atoms with van der Waals surface area (Å²) in [5.74, 6) is 1.36. The fraction of sp³-hybridized carbons (Fsp3) is 0.263. The molecule has 3 atom stereocenters. The number of allylic oxidation sites excluding steroid dienone is 2. The highest BCUT2D eigenvalue weighted by atomic mass is 35.5. The highest BCUT2D eigenvalue weighted by Gasteiger charge is 2.39. The lowest BCUT2D eigenvalue weighted by molar-refractivity contribution is -0.384. The summed E-state index contributed by atoms with van der Waals surface area (Å²) in [4.78, 5) is 10.8. The van der Waals surface area contributed by atoms with Crippen LogP contribution < -0.4 is 10.1 Å². The predicted molar refractivity (Wildman–Crippen MR) is 97.5 cm³/mol. The number of fused-ring (bicyclic) bond motifs is 3. The van der Waals surface area contributed by atoms with Crippen LogP contribution in [0.25, 0.3) is 0 Å². The van der Waals surface area contributed by atoms with Crippen LogP contribution in [0, 0.1) is 16.0 Å². The number of nitrogens with zero attached hydrogens (tertiary/aromatic N) is 1. The van der Waals surface area contributed by atoms with Gasteiger partial charge in [-0.15, -0.1) is 0 Å². The Kier molecular flexibility index (Phi) is 3.88. The lowest BCUT2D eigenvalue weighted by atomic mass is 9.77. The summed E-state index contributed by atoms with van der Waals surface area (Å²) < 4.78 is 5.51. The second kappa shape index (κ2) is 6.08. The number of rotatable bonds is 3. The van der Waals surface area contributed by atoms with Gasteiger partial charge in [-0.2, -0.15) is 0 Å². The summed E-state index contributed by atoms with van der Waals surface area (Å²) in [6.07, 6.45) is 5.33. The minimum Gasteiger partial charge on any atom is -0.495 e. The van der Waals surface area contributed by atoms with E-state index in [0.717, 1.165) is 23.4 Å². The van der Waals surface area contributed by atoms with Crippen LogP contribution >= 0.6 is 11.6 Å². The van der Waals surface area contributed by atoms with Gasteiger partial charge in [-0.25, -0.2) is 0 Å². The van der Waals surface area contributed by atoms with Gasteiger partial charge in [0, 0.05) is 12.0 Å². The van der Waals surface area contributed by atoms with E-state index in [4.69, 9.17) is 16.3 Å². The second-order valence-electron chi connectivity index (χ2n) is 6.37. The number of anilines is 1. The van der Waals surface area contributed by atoms with Crippen molar-refractivity contribution in [2.24, 2.45) is 5.92 Å². The Balaban J connectivity index is 1.81. The number of nitro benzene ring substituents is 1. The molecule has 2 aliphatic rings. The molecule has 6 heteroatoms. The quantitative estimate of drug-likeness (QED) is 0.473. The summed E-state index contributed by atoms with van der Waals surface area (Å²) >= 11 is 5.98. The Labute approximate surface area is 150 Å². The van der Waals surface area contributed by atoms with Gasteiger partial charge in [0.05, 0.1) is 23.8 Å². The van der Waals surface area contributed by atoms with Gasteiger partial charge >= 0.3 is 0 Å². The van der Waals surface area contributed by atoms with Gasteiger partial charge in [0.2, 0.25) is 0 Å². The second-order valence-corrected chi connectivity index (χ2v) is 6.78. The number of halogens is 1. The predicted octanol–water partition coefficient (Wildman–Crippen LogP) is 5.08. The maximum Gasteiger partial charge on any atom is 0.288 e. The molecular weight excluding hydrogens is 340 g/mol. The monoisotopic (exact) mass is 356 g/mol. The van der Waals surface area contributed by atoms with E-state index in [1.54, 1.807) is 19.2 Å². The molecule has 3 unspecified atom stereocenters. The zero-order valence-corrected chi connectivity index (χ0v) is 14.4. The van der Waals surface area contributed by atoms with Crippen LogP contribution in [0.3, 0.4) is 0 Å². The first-order valence-corrected chi connectivity index (χ1v) is 8.52. The molecule has 1 aliphatic heterocycles. The lowest BCUT2D eigenvalue weighted by Gasteiger charge is -2.38. The van der Waals surface area contributed by atoms with Gasteiger partial charge in [0.25, 0.3) is 5.69 Å². The van der Waals surface area contributed by atoms with Crippen molar-refractivity contribution in [3.05, 3.63) is 74.8 Å². The van der Waals surface area contributed by atoms with Gasteiger partial charge in [0.1, 0.15) is 10.8 Å². The zero-order chi connectivity index (χ0) is 17.6. The topological polar surface area (TPSA) is 64.4 Å². The molecule has 0 saturated carbocycles. The number of hydrogen-bond acceptors (Lipinski definition) is 4. The van der Waals surface area contributed by atoms with E-state index in [1.165, 1.54) is 5.56 Å². The summed E-state index contributed by atoms with van der Waals surface area (Å²) in [7, 11) is 1.65. The molecule has 0 aromatic heterocycles. The van der Waals surface area contributed by atoms with Gasteiger partial charge in [-0.1, -0.05) is 42.0 Å². The molecule has 0 radical (unpaired) electrons. The molecule has 1 heterocycles. The standard InChI is InChI=1S/C19H17ClN2O3/c1-25-17-7-3-6-14-12-4-2-5-13(12)18(21-19(14)17)11-8-9-15(20)16(10-11)22(23)24/h2-4,6-10,12-13,18,21H,5H2,1H3. The minimum absolute atomic E-state index is 0.0419. The SMILES string of the molecule is COc1cccc2c1NC(c1ccc(Cl)c([N+](=O)[O-])c1)C1CC=CC21. The van der Waals surface area contributed by atoms with Crippen LogP contribution in [0.1, 0.15) is 29.5 Å². The van der Waals surface area contributed by atoms with Gasteiger partial charge in [-0.3, -0.25) is 10.1 Å². The van der Waals surface area contributed by atoms with Crippen LogP contribution in [-0.2, 0) is 0 Å². The van der Waals surface area contributed by atoms with E-state index < -0.39 is 4.92 Å². The normalized spacial score (nSPS) is 23.5. The van der Waals surface area contributed by atoms with Crippen molar-refractivity contribution < 1.29 is 9.66 Å². The summed E-state index contributed by atoms with van der Waals surface area (Å²) in [6, 6.07) is 11.0. The molecule has 0 amide bonds. The smallest absolute Gasteiger partial charge is 0.288 e. The maximum atomic E-state index is 11.3. The van der Waals surface area contributed by atoms with Crippen molar-refractivity contribution >= 4 is 23.0 Å². The number of para-hydroxylation sites is 1. The Morgan fingerprint density at radius 2 is 2.16 bits per heavy atom. The molecule has 0 spiro atoms. The Hall–Kier alpha value is -2.53. The Morgan fingerprint density at radius 1 is 1.32 bits per heavy atom. The third-order valence-electron chi connectivity index (χ3n) is 5.10. The highest BCUT2D eigenvalue weighted by Crippen LogP contribution is 2.52. The summed E-state index contributed by atoms with van der Waals surface area (Å²) in [5.41, 5.74) is 2.97. The number of ether oxygens (including phenoxy) is 1. The molecule has 0 bridgehead atoms. The van der Waals surface area contributed by atoms with Gasteiger partial charge in [0.15, 0.2) is 0 Å². The Morgan fingerprint density at radius 3 is 2.92 bits per heavy atom. The summed E-state index contributed by atoms with van der Waals surface area (Å²) in [6.45, 7) is 0. The van der Waals surface area contributed by atoms with Gasteiger partial charge < -0.3 is 10.1 Å². The molecule has 128 valence electrons. The highest BCUT2D eigenvalue weighted by molar-refractivity contribution is 6.32. The number of methoxy groups -OCH3 is 1. The molecule has 1 N–H and O–H groups in total. The van der Waals surface area contributed by atoms with Crippen molar-refractivity contribution in [3.63, 3.8) is 0 Å². The van der Waals surface area contributed by atoms with Crippen LogP contribution in [0.15, 0.2) is 48.6 Å². The number of hydrogen-bond donors (Lipinski definition) is 1. The van der Waals surface area contributed by atoms with Crippen molar-refractivity contribution in [2.45, 2.75) is 18.4 Å². The molecule has 5 nitrogen and oxygen atoms in total. The average molecular weight is 357 g/mol. The van der Waals surface area contributed by atoms with Crippen LogP contribution in [0.5, 0.6) is 5.75 Å². The molecule has 4 rings (SSSR count). The van der Waals surface area contributed by atoms with Crippen LogP contribution in [-0.4, -0.2) is 12.0 Å². The third kappa shape index (κ3) is 2.55. The summed E-state index contributed by atoms with van der Waals surface area (Å²) in [5, 5.41) is 15.0. The molecular formula is C19H17ClN2O3. The van der Waals surface area contributed by atoms with E-state index in [1.807, 2.05) is 18.2 Å². The first-order valence-electron chi connectivity index (χ1n) is 8.14. The van der Waals surface area contributed by atoms with Crippen LogP contribution in [0.2, 0.25) is 5.02 Å². The Bertz CT molecular complexity index is 881. The minimum atomic E-state index is -0.437. The van der Waals surface area contributed by atoms with Crippen molar-refractivity contribution in [2.75, 3.05) is 12.4 Å². The van der Waals surface area contributed by atoms with Gasteiger partial charge in [-0.05, 0) is 35.6 Å². The zero-order valence-electron chi connectivity index (χ0n) is 13.6. The molecule has 25 heavy (non-hydrogen) atoms. The maximum absolute atomic E-state index is 11.3. The molecule has 2 aromatic rings. The molecule has 2 aromatic carbocycles. The van der Waals surface area contributed by atoms with Crippen molar-refractivity contribution in [1.29, 1.82) is 0 Å². The third-order valence-corrected chi connectivity index (χ3v) is 5.42. The first kappa shape index (κ1) is 16.0. The van der Waals surface area contributed by atoms with E-state index >= 15 is 0 Å². The molecule has 0 saturated heterocycles. The lowest BCUT2D eigenvalue weighted by Crippen LogP contribution is -2.29. The number of benzene rings is 2. The fourth-order valence-corrected chi connectivity index (χ4v) is 4.14. The first-order chi connectivity index (χ1) is 12.1. The number of nitro groups is 1.